The van der Waals surface area contributed by atoms with E-state index in [-0.39, 0.29) is 10.7 Å². The Hall–Kier alpha value is -2.21. The number of aromatic nitrogens is 2. The van der Waals surface area contributed by atoms with Crippen molar-refractivity contribution in [3.63, 3.8) is 0 Å². The van der Waals surface area contributed by atoms with Gasteiger partial charge in [-0.2, -0.15) is 0 Å². The van der Waals surface area contributed by atoms with Crippen LogP contribution in [0.2, 0.25) is 0 Å². The van der Waals surface area contributed by atoms with Gasteiger partial charge < -0.3 is 4.98 Å². The molecule has 6 heteroatoms. The first kappa shape index (κ1) is 13.8. The number of hydrogen-bond acceptors (Lipinski definition) is 3. The zero-order valence-corrected chi connectivity index (χ0v) is 12.3. The molecule has 21 heavy (non-hydrogen) atoms. The number of fused-ring (bicyclic) bond motifs is 1. The molecule has 0 aliphatic rings. The number of rotatable bonds is 2. The van der Waals surface area contributed by atoms with Gasteiger partial charge in [-0.15, -0.1) is 0 Å². The van der Waals surface area contributed by atoms with Gasteiger partial charge in [-0.25, -0.2) is 17.8 Å². The molecule has 0 atom stereocenters. The molecule has 3 rings (SSSR count). The fourth-order valence-corrected chi connectivity index (χ4v) is 2.84. The van der Waals surface area contributed by atoms with E-state index in [2.05, 4.69) is 9.97 Å². The van der Waals surface area contributed by atoms with Gasteiger partial charge in [-0.05, 0) is 42.8 Å². The van der Waals surface area contributed by atoms with Crippen molar-refractivity contribution in [3.8, 4) is 11.4 Å². The minimum atomic E-state index is -3.27. The zero-order valence-electron chi connectivity index (χ0n) is 11.5. The summed E-state index contributed by atoms with van der Waals surface area (Å²) in [7, 11) is -3.27. The number of H-pyrrole nitrogens is 1. The van der Waals surface area contributed by atoms with E-state index in [1.54, 1.807) is 12.1 Å². The Morgan fingerprint density at radius 3 is 2.62 bits per heavy atom. The van der Waals surface area contributed by atoms with Crippen molar-refractivity contribution in [2.45, 2.75) is 11.8 Å². The van der Waals surface area contributed by atoms with E-state index in [1.807, 2.05) is 6.92 Å². The highest BCUT2D eigenvalue weighted by Crippen LogP contribution is 2.25. The largest absolute Gasteiger partial charge is 0.338 e. The molecular weight excluding hydrogens is 291 g/mol. The minimum absolute atomic E-state index is 0.223. The van der Waals surface area contributed by atoms with E-state index in [4.69, 9.17) is 0 Å². The van der Waals surface area contributed by atoms with Crippen LogP contribution in [0.5, 0.6) is 0 Å². The van der Waals surface area contributed by atoms with Crippen molar-refractivity contribution in [3.05, 3.63) is 47.8 Å². The third-order valence-electron chi connectivity index (χ3n) is 3.34. The second-order valence-corrected chi connectivity index (χ2v) is 7.01. The lowest BCUT2D eigenvalue weighted by molar-refractivity contribution is 0.602. The molecule has 0 aliphatic carbocycles. The fourth-order valence-electron chi connectivity index (χ4n) is 2.20. The molecule has 0 unspecified atom stereocenters. The molecule has 0 saturated heterocycles. The van der Waals surface area contributed by atoms with Crippen molar-refractivity contribution in [2.24, 2.45) is 0 Å². The monoisotopic (exact) mass is 304 g/mol. The molecule has 0 aliphatic heterocycles. The summed E-state index contributed by atoms with van der Waals surface area (Å²) >= 11 is 0. The number of hydrogen-bond donors (Lipinski definition) is 1. The molecule has 2 aromatic carbocycles. The molecule has 0 fully saturated rings. The number of nitrogens with one attached hydrogen (secondary N) is 1. The Morgan fingerprint density at radius 2 is 1.90 bits per heavy atom. The Bertz CT molecular complexity index is 945. The highest BCUT2D eigenvalue weighted by molar-refractivity contribution is 7.90. The predicted molar refractivity (Wildman–Crippen MR) is 79.3 cm³/mol. The second kappa shape index (κ2) is 4.66. The third kappa shape index (κ3) is 2.54. The topological polar surface area (TPSA) is 62.8 Å². The summed E-state index contributed by atoms with van der Waals surface area (Å²) in [5, 5.41) is 0. The molecule has 108 valence electrons. The first-order valence-electron chi connectivity index (χ1n) is 6.31. The number of halogens is 1. The molecule has 0 amide bonds. The maximum Gasteiger partial charge on any atom is 0.175 e. The smallest absolute Gasteiger partial charge is 0.175 e. The standard InChI is InChI=1S/C15H13FN2O2S/c1-9-3-4-10(16)7-12(9)15-17-13-6-5-11(21(2,19)20)8-14(13)18-15/h3-8H,1-2H3,(H,17,18). The van der Waals surface area contributed by atoms with Gasteiger partial charge in [0.1, 0.15) is 11.6 Å². The van der Waals surface area contributed by atoms with Crippen LogP contribution in [0, 0.1) is 12.7 Å². The highest BCUT2D eigenvalue weighted by atomic mass is 32.2. The number of benzene rings is 2. The van der Waals surface area contributed by atoms with Crippen LogP contribution in [-0.2, 0) is 9.84 Å². The number of sulfone groups is 1. The van der Waals surface area contributed by atoms with Crippen molar-refractivity contribution < 1.29 is 12.8 Å². The molecule has 4 nitrogen and oxygen atoms in total. The van der Waals surface area contributed by atoms with Gasteiger partial charge in [0.2, 0.25) is 0 Å². The van der Waals surface area contributed by atoms with Gasteiger partial charge in [0.25, 0.3) is 0 Å². The summed E-state index contributed by atoms with van der Waals surface area (Å²) in [6.07, 6.45) is 1.15. The lowest BCUT2D eigenvalue weighted by Crippen LogP contribution is -1.96. The summed E-state index contributed by atoms with van der Waals surface area (Å²) in [6, 6.07) is 9.17. The van der Waals surface area contributed by atoms with Crippen LogP contribution in [0.1, 0.15) is 5.56 Å². The first-order valence-corrected chi connectivity index (χ1v) is 8.20. The van der Waals surface area contributed by atoms with E-state index >= 15 is 0 Å². The number of aromatic amines is 1. The summed E-state index contributed by atoms with van der Waals surface area (Å²) in [5.41, 5.74) is 2.79. The lowest BCUT2D eigenvalue weighted by atomic mass is 10.1. The maximum absolute atomic E-state index is 13.4. The molecule has 3 aromatic rings. The van der Waals surface area contributed by atoms with Crippen LogP contribution >= 0.6 is 0 Å². The first-order chi connectivity index (χ1) is 9.84. The average molecular weight is 304 g/mol. The Labute approximate surface area is 121 Å². The van der Waals surface area contributed by atoms with E-state index < -0.39 is 9.84 Å². The van der Waals surface area contributed by atoms with E-state index in [0.717, 1.165) is 11.8 Å². The number of nitrogens with zero attached hydrogens (tertiary/aromatic N) is 1. The van der Waals surface area contributed by atoms with Gasteiger partial charge in [-0.1, -0.05) is 6.07 Å². The number of imidazole rings is 1. The lowest BCUT2D eigenvalue weighted by Gasteiger charge is -2.01. The van der Waals surface area contributed by atoms with Crippen molar-refractivity contribution in [2.75, 3.05) is 6.26 Å². The molecule has 0 bridgehead atoms. The second-order valence-electron chi connectivity index (χ2n) is 5.00. The quantitative estimate of drug-likeness (QED) is 0.791. The summed E-state index contributed by atoms with van der Waals surface area (Å²) in [6.45, 7) is 1.86. The van der Waals surface area contributed by atoms with E-state index in [0.29, 0.717) is 22.4 Å². The Morgan fingerprint density at radius 1 is 1.14 bits per heavy atom. The maximum atomic E-state index is 13.4. The summed E-state index contributed by atoms with van der Waals surface area (Å²) < 4.78 is 36.5. The van der Waals surface area contributed by atoms with Crippen LogP contribution in [0.3, 0.4) is 0 Å². The Balaban J connectivity index is 2.20. The van der Waals surface area contributed by atoms with Crippen LogP contribution in [-0.4, -0.2) is 24.6 Å². The summed E-state index contributed by atoms with van der Waals surface area (Å²) in [5.74, 6) is 0.181. The average Bonchev–Trinajstić information content (AvgIpc) is 2.83. The van der Waals surface area contributed by atoms with Gasteiger partial charge in [0, 0.05) is 11.8 Å². The van der Waals surface area contributed by atoms with Crippen molar-refractivity contribution in [1.29, 1.82) is 0 Å². The van der Waals surface area contributed by atoms with Crippen LogP contribution < -0.4 is 0 Å². The van der Waals surface area contributed by atoms with Crippen LogP contribution in [0.4, 0.5) is 4.39 Å². The molecular formula is C15H13FN2O2S. The normalized spacial score (nSPS) is 12.0. The van der Waals surface area contributed by atoms with Crippen molar-refractivity contribution >= 4 is 20.9 Å². The predicted octanol–water partition coefficient (Wildman–Crippen LogP) is 3.08. The van der Waals surface area contributed by atoms with Crippen LogP contribution in [0.25, 0.3) is 22.4 Å². The summed E-state index contributed by atoms with van der Waals surface area (Å²) in [4.78, 5) is 7.66. The van der Waals surface area contributed by atoms with Gasteiger partial charge in [0.15, 0.2) is 9.84 Å². The van der Waals surface area contributed by atoms with Gasteiger partial charge in [-0.3, -0.25) is 0 Å². The van der Waals surface area contributed by atoms with E-state index in [9.17, 15) is 12.8 Å². The Kier molecular flexibility index (Phi) is 3.06. The van der Waals surface area contributed by atoms with Gasteiger partial charge >= 0.3 is 0 Å². The third-order valence-corrected chi connectivity index (χ3v) is 4.45. The highest BCUT2D eigenvalue weighted by Gasteiger charge is 2.12. The van der Waals surface area contributed by atoms with Crippen LogP contribution in [0.15, 0.2) is 41.3 Å². The molecule has 1 N–H and O–H groups in total. The van der Waals surface area contributed by atoms with Gasteiger partial charge in [0.05, 0.1) is 15.9 Å². The molecule has 0 saturated carbocycles. The molecule has 1 aromatic heterocycles. The van der Waals surface area contributed by atoms with E-state index in [1.165, 1.54) is 24.3 Å². The molecule has 0 radical (unpaired) electrons. The number of aryl methyl sites for hydroxylation is 1. The zero-order chi connectivity index (χ0) is 15.2. The fraction of sp³-hybridized carbons (Fsp3) is 0.133. The minimum Gasteiger partial charge on any atom is -0.338 e. The molecule has 0 spiro atoms. The SMILES string of the molecule is Cc1ccc(F)cc1-c1nc2ccc(S(C)(=O)=O)cc2[nH]1. The molecule has 1 heterocycles. The van der Waals surface area contributed by atoms with Crippen molar-refractivity contribution in [1.82, 2.24) is 9.97 Å².